The fourth-order valence-electron chi connectivity index (χ4n) is 3.13. The molecule has 0 radical (unpaired) electrons. The van der Waals surface area contributed by atoms with Crippen molar-refractivity contribution in [1.82, 2.24) is 5.32 Å². The summed E-state index contributed by atoms with van der Waals surface area (Å²) in [5.41, 5.74) is 1.56. The van der Waals surface area contributed by atoms with Crippen LogP contribution in [0.1, 0.15) is 31.2 Å². The molecule has 2 aromatic rings. The second kappa shape index (κ2) is 5.11. The van der Waals surface area contributed by atoms with Crippen LogP contribution >= 0.6 is 0 Å². The Hall–Kier alpha value is -1.34. The minimum Gasteiger partial charge on any atom is -0.317 e. The third-order valence-electron chi connectivity index (χ3n) is 4.30. The van der Waals surface area contributed by atoms with Crippen molar-refractivity contribution < 1.29 is 0 Å². The van der Waals surface area contributed by atoms with Gasteiger partial charge < -0.3 is 5.32 Å². The van der Waals surface area contributed by atoms with Crippen LogP contribution in [-0.4, -0.2) is 13.1 Å². The molecule has 1 aliphatic carbocycles. The molecule has 3 rings (SSSR count). The Labute approximate surface area is 109 Å². The fraction of sp³-hybridized carbons (Fsp3) is 0.412. The molecule has 2 aromatic carbocycles. The van der Waals surface area contributed by atoms with Crippen LogP contribution in [0.2, 0.25) is 0 Å². The second-order valence-electron chi connectivity index (χ2n) is 5.32. The Morgan fingerprint density at radius 3 is 2.67 bits per heavy atom. The monoisotopic (exact) mass is 239 g/mol. The van der Waals surface area contributed by atoms with E-state index in [1.165, 1.54) is 30.2 Å². The van der Waals surface area contributed by atoms with Crippen molar-refractivity contribution in [3.8, 4) is 0 Å². The standard InChI is InChI=1S/C17H21N/c1-2-18-12-14-10-11-16(14)17-9-5-7-13-6-3-4-8-15(13)17/h3-9,14,16,18H,2,10-12H2,1H3. The van der Waals surface area contributed by atoms with Crippen LogP contribution in [-0.2, 0) is 0 Å². The Morgan fingerprint density at radius 2 is 1.89 bits per heavy atom. The van der Waals surface area contributed by atoms with Gasteiger partial charge in [-0.25, -0.2) is 0 Å². The lowest BCUT2D eigenvalue weighted by Crippen LogP contribution is -2.33. The van der Waals surface area contributed by atoms with E-state index in [-0.39, 0.29) is 0 Å². The summed E-state index contributed by atoms with van der Waals surface area (Å²) in [6.45, 7) is 4.44. The van der Waals surface area contributed by atoms with E-state index >= 15 is 0 Å². The second-order valence-corrected chi connectivity index (χ2v) is 5.32. The van der Waals surface area contributed by atoms with Crippen LogP contribution in [0.4, 0.5) is 0 Å². The summed E-state index contributed by atoms with van der Waals surface area (Å²) in [6.07, 6.45) is 2.73. The highest BCUT2D eigenvalue weighted by atomic mass is 14.9. The molecule has 2 atom stereocenters. The zero-order valence-electron chi connectivity index (χ0n) is 11.0. The molecular formula is C17H21N. The molecule has 0 spiro atoms. The summed E-state index contributed by atoms with van der Waals surface area (Å²) in [6, 6.07) is 15.5. The van der Waals surface area contributed by atoms with Gasteiger partial charge in [0.25, 0.3) is 0 Å². The first-order valence-corrected chi connectivity index (χ1v) is 7.08. The SMILES string of the molecule is CCNCC1CCC1c1cccc2ccccc12. The average Bonchev–Trinajstić information content (AvgIpc) is 2.38. The summed E-state index contributed by atoms with van der Waals surface area (Å²) < 4.78 is 0. The quantitative estimate of drug-likeness (QED) is 0.852. The summed E-state index contributed by atoms with van der Waals surface area (Å²) >= 11 is 0. The third-order valence-corrected chi connectivity index (χ3v) is 4.30. The summed E-state index contributed by atoms with van der Waals surface area (Å²) in [7, 11) is 0. The Bertz CT molecular complexity index is 527. The van der Waals surface area contributed by atoms with Crippen molar-refractivity contribution in [2.45, 2.75) is 25.7 Å². The molecule has 1 saturated carbocycles. The zero-order chi connectivity index (χ0) is 12.4. The summed E-state index contributed by atoms with van der Waals surface area (Å²) in [5.74, 6) is 1.59. The molecule has 2 unspecified atom stereocenters. The molecular weight excluding hydrogens is 218 g/mol. The maximum absolute atomic E-state index is 3.50. The normalized spacial score (nSPS) is 22.9. The van der Waals surface area contributed by atoms with Crippen LogP contribution in [0.15, 0.2) is 42.5 Å². The third kappa shape index (κ3) is 2.04. The van der Waals surface area contributed by atoms with Gasteiger partial charge in [-0.05, 0) is 54.1 Å². The maximum atomic E-state index is 3.50. The van der Waals surface area contributed by atoms with Gasteiger partial charge in [0.15, 0.2) is 0 Å². The van der Waals surface area contributed by atoms with Gasteiger partial charge in [0.1, 0.15) is 0 Å². The number of rotatable bonds is 4. The molecule has 1 fully saturated rings. The summed E-state index contributed by atoms with van der Waals surface area (Å²) in [5, 5.41) is 6.33. The zero-order valence-corrected chi connectivity index (χ0v) is 11.0. The number of fused-ring (bicyclic) bond motifs is 1. The number of hydrogen-bond acceptors (Lipinski definition) is 1. The topological polar surface area (TPSA) is 12.0 Å². The Morgan fingerprint density at radius 1 is 1.06 bits per heavy atom. The van der Waals surface area contributed by atoms with Gasteiger partial charge >= 0.3 is 0 Å². The van der Waals surface area contributed by atoms with Crippen LogP contribution in [0.3, 0.4) is 0 Å². The maximum Gasteiger partial charge on any atom is -0.00148 e. The number of hydrogen-bond donors (Lipinski definition) is 1. The van der Waals surface area contributed by atoms with E-state index in [4.69, 9.17) is 0 Å². The lowest BCUT2D eigenvalue weighted by molar-refractivity contribution is 0.249. The molecule has 1 nitrogen and oxygen atoms in total. The average molecular weight is 239 g/mol. The largest absolute Gasteiger partial charge is 0.317 e. The van der Waals surface area contributed by atoms with E-state index in [0.29, 0.717) is 0 Å². The van der Waals surface area contributed by atoms with Gasteiger partial charge in [-0.1, -0.05) is 49.4 Å². The van der Waals surface area contributed by atoms with Crippen molar-refractivity contribution in [3.05, 3.63) is 48.0 Å². The molecule has 94 valence electrons. The van der Waals surface area contributed by atoms with Crippen molar-refractivity contribution in [2.24, 2.45) is 5.92 Å². The van der Waals surface area contributed by atoms with Crippen molar-refractivity contribution >= 4 is 10.8 Å². The van der Waals surface area contributed by atoms with E-state index in [1.807, 2.05) is 0 Å². The summed E-state index contributed by atoms with van der Waals surface area (Å²) in [4.78, 5) is 0. The molecule has 1 N–H and O–H groups in total. The van der Waals surface area contributed by atoms with E-state index in [1.54, 1.807) is 5.56 Å². The van der Waals surface area contributed by atoms with Gasteiger partial charge in [0.05, 0.1) is 0 Å². The van der Waals surface area contributed by atoms with E-state index < -0.39 is 0 Å². The van der Waals surface area contributed by atoms with Crippen LogP contribution in [0, 0.1) is 5.92 Å². The first-order valence-electron chi connectivity index (χ1n) is 7.08. The molecule has 0 amide bonds. The predicted molar refractivity (Wildman–Crippen MR) is 78.0 cm³/mol. The lowest BCUT2D eigenvalue weighted by Gasteiger charge is -2.38. The number of nitrogens with one attached hydrogen (secondary N) is 1. The van der Waals surface area contributed by atoms with Gasteiger partial charge in [0.2, 0.25) is 0 Å². The van der Waals surface area contributed by atoms with Crippen LogP contribution in [0.5, 0.6) is 0 Å². The van der Waals surface area contributed by atoms with Crippen molar-refractivity contribution in [1.29, 1.82) is 0 Å². The minimum absolute atomic E-state index is 0.759. The van der Waals surface area contributed by atoms with E-state index in [2.05, 4.69) is 54.7 Å². The molecule has 0 bridgehead atoms. The van der Waals surface area contributed by atoms with Gasteiger partial charge in [-0.3, -0.25) is 0 Å². The van der Waals surface area contributed by atoms with E-state index in [0.717, 1.165) is 18.4 Å². The molecule has 1 aliphatic rings. The van der Waals surface area contributed by atoms with Crippen LogP contribution in [0.25, 0.3) is 10.8 Å². The number of benzene rings is 2. The van der Waals surface area contributed by atoms with Crippen molar-refractivity contribution in [2.75, 3.05) is 13.1 Å². The smallest absolute Gasteiger partial charge is 0.00148 e. The fourth-order valence-corrected chi connectivity index (χ4v) is 3.13. The van der Waals surface area contributed by atoms with Crippen LogP contribution < -0.4 is 5.32 Å². The predicted octanol–water partition coefficient (Wildman–Crippen LogP) is 3.94. The van der Waals surface area contributed by atoms with Crippen molar-refractivity contribution in [3.63, 3.8) is 0 Å². The Kier molecular flexibility index (Phi) is 3.33. The highest BCUT2D eigenvalue weighted by molar-refractivity contribution is 5.86. The highest BCUT2D eigenvalue weighted by Gasteiger charge is 2.32. The molecule has 0 aromatic heterocycles. The lowest BCUT2D eigenvalue weighted by atomic mass is 9.69. The first-order chi connectivity index (χ1) is 8.90. The Balaban J connectivity index is 1.90. The van der Waals surface area contributed by atoms with Gasteiger partial charge in [0, 0.05) is 0 Å². The highest BCUT2D eigenvalue weighted by Crippen LogP contribution is 2.44. The minimum atomic E-state index is 0.759. The molecule has 1 heteroatoms. The molecule has 0 heterocycles. The van der Waals surface area contributed by atoms with E-state index in [9.17, 15) is 0 Å². The first kappa shape index (κ1) is 11.7. The molecule has 0 aliphatic heterocycles. The van der Waals surface area contributed by atoms with Gasteiger partial charge in [-0.15, -0.1) is 0 Å². The van der Waals surface area contributed by atoms with Gasteiger partial charge in [-0.2, -0.15) is 0 Å². The molecule has 18 heavy (non-hydrogen) atoms. The molecule has 0 saturated heterocycles.